The average molecular weight is 318 g/mol. The summed E-state index contributed by atoms with van der Waals surface area (Å²) in [4.78, 5) is 23.6. The van der Waals surface area contributed by atoms with Gasteiger partial charge in [-0.3, -0.25) is 9.59 Å². The van der Waals surface area contributed by atoms with Crippen LogP contribution < -0.4 is 0 Å². The Bertz CT molecular complexity index is 560. The number of carboxylic acid groups (broad SMARTS) is 1. The van der Waals surface area contributed by atoms with E-state index in [0.717, 1.165) is 5.56 Å². The fraction of sp³-hybridized carbons (Fsp3) is 0.474. The molecule has 1 rings (SSSR count). The molecule has 0 aromatic heterocycles. The minimum absolute atomic E-state index is 0.177. The van der Waals surface area contributed by atoms with Gasteiger partial charge in [0.25, 0.3) is 0 Å². The highest BCUT2D eigenvalue weighted by molar-refractivity contribution is 5.79. The average Bonchev–Trinajstić information content (AvgIpc) is 2.51. The van der Waals surface area contributed by atoms with Gasteiger partial charge in [0.1, 0.15) is 6.61 Å². The van der Waals surface area contributed by atoms with Gasteiger partial charge in [0, 0.05) is 0 Å². The van der Waals surface area contributed by atoms with E-state index in [2.05, 4.69) is 0 Å². The van der Waals surface area contributed by atoms with E-state index in [-0.39, 0.29) is 19.0 Å². The SMILES string of the molecule is CCC(C)(CC(C)(C)C(=O)O)C(=O)OC/C=C/c1ccccc1. The van der Waals surface area contributed by atoms with Crippen molar-refractivity contribution in [1.82, 2.24) is 0 Å². The summed E-state index contributed by atoms with van der Waals surface area (Å²) in [6.07, 6.45) is 4.45. The largest absolute Gasteiger partial charge is 0.481 e. The van der Waals surface area contributed by atoms with Crippen molar-refractivity contribution in [2.75, 3.05) is 6.61 Å². The van der Waals surface area contributed by atoms with E-state index >= 15 is 0 Å². The number of hydrogen-bond donors (Lipinski definition) is 1. The van der Waals surface area contributed by atoms with Crippen molar-refractivity contribution in [1.29, 1.82) is 0 Å². The van der Waals surface area contributed by atoms with Crippen LogP contribution in [0.25, 0.3) is 6.08 Å². The van der Waals surface area contributed by atoms with Crippen molar-refractivity contribution in [2.45, 2.75) is 40.5 Å². The minimum atomic E-state index is -0.969. The van der Waals surface area contributed by atoms with Gasteiger partial charge in [-0.2, -0.15) is 0 Å². The fourth-order valence-corrected chi connectivity index (χ4v) is 2.44. The fourth-order valence-electron chi connectivity index (χ4n) is 2.44. The van der Waals surface area contributed by atoms with Gasteiger partial charge in [-0.1, -0.05) is 43.3 Å². The van der Waals surface area contributed by atoms with Crippen molar-refractivity contribution < 1.29 is 19.4 Å². The molecule has 4 nitrogen and oxygen atoms in total. The van der Waals surface area contributed by atoms with E-state index in [9.17, 15) is 14.7 Å². The Balaban J connectivity index is 2.63. The van der Waals surface area contributed by atoms with Gasteiger partial charge in [-0.15, -0.1) is 0 Å². The van der Waals surface area contributed by atoms with Gasteiger partial charge in [0.15, 0.2) is 0 Å². The van der Waals surface area contributed by atoms with Crippen molar-refractivity contribution in [2.24, 2.45) is 10.8 Å². The smallest absolute Gasteiger partial charge is 0.312 e. The zero-order valence-corrected chi connectivity index (χ0v) is 14.3. The Morgan fingerprint density at radius 3 is 2.30 bits per heavy atom. The van der Waals surface area contributed by atoms with E-state index in [1.165, 1.54) is 0 Å². The first-order chi connectivity index (χ1) is 10.7. The number of hydrogen-bond acceptors (Lipinski definition) is 3. The number of aliphatic carboxylic acids is 1. The Kier molecular flexibility index (Phi) is 6.55. The maximum absolute atomic E-state index is 12.4. The molecule has 1 aromatic rings. The molecule has 0 radical (unpaired) electrons. The number of ether oxygens (including phenoxy) is 1. The van der Waals surface area contributed by atoms with Crippen LogP contribution in [0.3, 0.4) is 0 Å². The topological polar surface area (TPSA) is 63.6 Å². The van der Waals surface area contributed by atoms with Crippen LogP contribution in [-0.4, -0.2) is 23.7 Å². The van der Waals surface area contributed by atoms with Crippen LogP contribution in [0.15, 0.2) is 36.4 Å². The Labute approximate surface area is 138 Å². The summed E-state index contributed by atoms with van der Waals surface area (Å²) >= 11 is 0. The summed E-state index contributed by atoms with van der Waals surface area (Å²) in [6, 6.07) is 9.74. The lowest BCUT2D eigenvalue weighted by Gasteiger charge is -2.32. The second-order valence-electron chi connectivity index (χ2n) is 6.69. The van der Waals surface area contributed by atoms with Gasteiger partial charge in [-0.25, -0.2) is 0 Å². The molecule has 0 amide bonds. The summed E-state index contributed by atoms with van der Waals surface area (Å²) < 4.78 is 5.33. The second-order valence-corrected chi connectivity index (χ2v) is 6.69. The lowest BCUT2D eigenvalue weighted by atomic mass is 9.72. The maximum Gasteiger partial charge on any atom is 0.312 e. The zero-order valence-electron chi connectivity index (χ0n) is 14.3. The van der Waals surface area contributed by atoms with Crippen LogP contribution in [-0.2, 0) is 14.3 Å². The van der Waals surface area contributed by atoms with E-state index in [1.54, 1.807) is 26.8 Å². The monoisotopic (exact) mass is 318 g/mol. The molecular weight excluding hydrogens is 292 g/mol. The molecule has 1 aromatic carbocycles. The summed E-state index contributed by atoms with van der Waals surface area (Å²) in [7, 11) is 0. The number of benzene rings is 1. The van der Waals surface area contributed by atoms with Crippen molar-refractivity contribution in [3.63, 3.8) is 0 Å². The van der Waals surface area contributed by atoms with E-state index in [0.29, 0.717) is 6.42 Å². The van der Waals surface area contributed by atoms with Gasteiger partial charge in [-0.05, 0) is 45.3 Å². The highest BCUT2D eigenvalue weighted by Gasteiger charge is 2.41. The van der Waals surface area contributed by atoms with Crippen molar-refractivity contribution in [3.05, 3.63) is 42.0 Å². The quantitative estimate of drug-likeness (QED) is 0.731. The summed E-state index contributed by atoms with van der Waals surface area (Å²) in [5.41, 5.74) is -0.736. The molecule has 0 aliphatic heterocycles. The Hall–Kier alpha value is -2.10. The molecule has 0 fully saturated rings. The molecule has 23 heavy (non-hydrogen) atoms. The standard InChI is InChI=1S/C19H26O4/c1-5-19(4,14-18(2,3)16(20)21)17(22)23-13-9-12-15-10-7-6-8-11-15/h6-12H,5,13-14H2,1-4H3,(H,20,21)/b12-9+. The van der Waals surface area contributed by atoms with E-state index < -0.39 is 16.8 Å². The lowest BCUT2D eigenvalue weighted by Crippen LogP contribution is -2.37. The van der Waals surface area contributed by atoms with Crippen LogP contribution >= 0.6 is 0 Å². The van der Waals surface area contributed by atoms with Crippen LogP contribution in [0, 0.1) is 10.8 Å². The van der Waals surface area contributed by atoms with E-state index in [4.69, 9.17) is 4.74 Å². The molecule has 126 valence electrons. The molecule has 0 spiro atoms. The van der Waals surface area contributed by atoms with Gasteiger partial charge < -0.3 is 9.84 Å². The minimum Gasteiger partial charge on any atom is -0.481 e. The Morgan fingerprint density at radius 2 is 1.78 bits per heavy atom. The molecule has 0 heterocycles. The normalized spacial score (nSPS) is 14.4. The highest BCUT2D eigenvalue weighted by Crippen LogP contribution is 2.37. The van der Waals surface area contributed by atoms with Crippen LogP contribution in [0.1, 0.15) is 46.1 Å². The second kappa shape index (κ2) is 7.95. The van der Waals surface area contributed by atoms with Crippen molar-refractivity contribution >= 4 is 18.0 Å². The number of rotatable bonds is 8. The molecular formula is C19H26O4. The molecule has 0 saturated carbocycles. The van der Waals surface area contributed by atoms with Crippen LogP contribution in [0.4, 0.5) is 0 Å². The first-order valence-corrected chi connectivity index (χ1v) is 7.83. The van der Waals surface area contributed by atoms with Crippen LogP contribution in [0.5, 0.6) is 0 Å². The number of esters is 1. The molecule has 0 bridgehead atoms. The molecule has 0 saturated heterocycles. The summed E-state index contributed by atoms with van der Waals surface area (Å²) in [6.45, 7) is 7.08. The van der Waals surface area contributed by atoms with Gasteiger partial charge in [0.05, 0.1) is 10.8 Å². The third-order valence-corrected chi connectivity index (χ3v) is 4.10. The third-order valence-electron chi connectivity index (χ3n) is 4.10. The first kappa shape index (κ1) is 18.9. The maximum atomic E-state index is 12.4. The number of carbonyl (C=O) groups is 2. The number of carboxylic acids is 1. The van der Waals surface area contributed by atoms with E-state index in [1.807, 2.05) is 43.3 Å². The molecule has 1 unspecified atom stereocenters. The summed E-state index contributed by atoms with van der Waals surface area (Å²) in [5, 5.41) is 9.26. The zero-order chi connectivity index (χ0) is 17.5. The molecule has 0 aliphatic rings. The molecule has 1 N–H and O–H groups in total. The number of carbonyl (C=O) groups excluding carboxylic acids is 1. The van der Waals surface area contributed by atoms with Gasteiger partial charge >= 0.3 is 11.9 Å². The predicted molar refractivity (Wildman–Crippen MR) is 90.9 cm³/mol. The highest BCUT2D eigenvalue weighted by atomic mass is 16.5. The first-order valence-electron chi connectivity index (χ1n) is 7.83. The predicted octanol–water partition coefficient (Wildman–Crippen LogP) is 4.16. The van der Waals surface area contributed by atoms with Crippen LogP contribution in [0.2, 0.25) is 0 Å². The van der Waals surface area contributed by atoms with Gasteiger partial charge in [0.2, 0.25) is 0 Å². The molecule has 4 heteroatoms. The molecule has 1 atom stereocenters. The third kappa shape index (κ3) is 5.55. The van der Waals surface area contributed by atoms with Crippen molar-refractivity contribution in [3.8, 4) is 0 Å². The lowest BCUT2D eigenvalue weighted by molar-refractivity contribution is -0.159. The Morgan fingerprint density at radius 1 is 1.17 bits per heavy atom. The summed E-state index contributed by atoms with van der Waals surface area (Å²) in [5.74, 6) is -1.26. The molecule has 0 aliphatic carbocycles.